The molecule has 0 spiro atoms. The lowest BCUT2D eigenvalue weighted by Crippen LogP contribution is -2.32. The van der Waals surface area contributed by atoms with Crippen molar-refractivity contribution in [3.8, 4) is 5.75 Å². The van der Waals surface area contributed by atoms with Gasteiger partial charge in [0, 0.05) is 25.9 Å². The summed E-state index contributed by atoms with van der Waals surface area (Å²) in [6, 6.07) is 34.1. The Hall–Kier alpha value is -4.91. The van der Waals surface area contributed by atoms with Crippen LogP contribution in [-0.4, -0.2) is 43.5 Å². The highest BCUT2D eigenvalue weighted by molar-refractivity contribution is 5.89. The quantitative estimate of drug-likeness (QED) is 0.0921. The van der Waals surface area contributed by atoms with E-state index in [1.165, 1.54) is 25.3 Å². The fourth-order valence-corrected chi connectivity index (χ4v) is 5.19. The first-order valence-electron chi connectivity index (χ1n) is 15.8. The normalized spacial score (nSPS) is 10.7. The molecule has 1 amide bonds. The number of esters is 2. The van der Waals surface area contributed by atoms with Crippen molar-refractivity contribution < 1.29 is 28.6 Å². The van der Waals surface area contributed by atoms with Gasteiger partial charge in [-0.2, -0.15) is 0 Å². The average molecular weight is 622 g/mol. The fraction of sp³-hybridized carbons (Fsp3) is 0.308. The number of amides is 1. The van der Waals surface area contributed by atoms with Crippen LogP contribution in [0.3, 0.4) is 0 Å². The van der Waals surface area contributed by atoms with E-state index in [2.05, 4.69) is 48.5 Å². The van der Waals surface area contributed by atoms with Gasteiger partial charge in [0.2, 0.25) is 5.91 Å². The SMILES string of the molecule is COC(=O)CCCCC(=O)N(CCc1ccccc1OCc1ccc(CCc2ccccc2)cc1)Cc1ccc(C(=O)OC)cc1. The number of benzene rings is 4. The zero-order valence-electron chi connectivity index (χ0n) is 26.8. The van der Waals surface area contributed by atoms with Gasteiger partial charge in [0.1, 0.15) is 12.4 Å². The summed E-state index contributed by atoms with van der Waals surface area (Å²) in [6.45, 7) is 1.34. The second-order valence-electron chi connectivity index (χ2n) is 11.2. The van der Waals surface area contributed by atoms with Crippen LogP contribution in [0.1, 0.15) is 63.9 Å². The van der Waals surface area contributed by atoms with Gasteiger partial charge in [0.25, 0.3) is 0 Å². The third-order valence-electron chi connectivity index (χ3n) is 7.94. The first-order chi connectivity index (χ1) is 22.4. The number of hydrogen-bond acceptors (Lipinski definition) is 6. The maximum Gasteiger partial charge on any atom is 0.337 e. The van der Waals surface area contributed by atoms with Crippen molar-refractivity contribution in [2.45, 2.75) is 58.1 Å². The number of unbranched alkanes of at least 4 members (excludes halogenated alkanes) is 1. The third kappa shape index (κ3) is 10.9. The number of ether oxygens (including phenoxy) is 3. The Bertz CT molecular complexity index is 1530. The number of methoxy groups -OCH3 is 2. The molecule has 46 heavy (non-hydrogen) atoms. The molecule has 0 aliphatic heterocycles. The molecule has 0 aliphatic rings. The van der Waals surface area contributed by atoms with Crippen LogP contribution in [0.5, 0.6) is 5.75 Å². The van der Waals surface area contributed by atoms with Crippen molar-refractivity contribution in [2.24, 2.45) is 0 Å². The first-order valence-corrected chi connectivity index (χ1v) is 15.8. The van der Waals surface area contributed by atoms with Gasteiger partial charge in [0.15, 0.2) is 0 Å². The van der Waals surface area contributed by atoms with Gasteiger partial charge in [0.05, 0.1) is 19.8 Å². The zero-order valence-corrected chi connectivity index (χ0v) is 26.8. The van der Waals surface area contributed by atoms with Crippen molar-refractivity contribution in [1.82, 2.24) is 4.90 Å². The highest BCUT2D eigenvalue weighted by Gasteiger charge is 2.16. The summed E-state index contributed by atoms with van der Waals surface area (Å²) in [6.07, 6.45) is 4.42. The predicted octanol–water partition coefficient (Wildman–Crippen LogP) is 7.14. The number of nitrogens with zero attached hydrogens (tertiary/aromatic N) is 1. The molecule has 4 aromatic carbocycles. The summed E-state index contributed by atoms with van der Waals surface area (Å²) in [5.41, 5.74) is 6.11. The molecule has 0 aromatic heterocycles. The Labute approximate surface area is 272 Å². The molecule has 7 heteroatoms. The zero-order chi connectivity index (χ0) is 32.6. The Kier molecular flexibility index (Phi) is 13.4. The summed E-state index contributed by atoms with van der Waals surface area (Å²) >= 11 is 0. The van der Waals surface area contributed by atoms with Crippen LogP contribution in [-0.2, 0) is 51.5 Å². The molecule has 0 unspecified atom stereocenters. The lowest BCUT2D eigenvalue weighted by atomic mass is 10.0. The van der Waals surface area contributed by atoms with Crippen LogP contribution < -0.4 is 4.74 Å². The minimum absolute atomic E-state index is 0.00710. The number of aryl methyl sites for hydroxylation is 2. The fourth-order valence-electron chi connectivity index (χ4n) is 5.19. The average Bonchev–Trinajstić information content (AvgIpc) is 3.11. The van der Waals surface area contributed by atoms with E-state index in [4.69, 9.17) is 14.2 Å². The Morgan fingerprint density at radius 2 is 1.22 bits per heavy atom. The van der Waals surface area contributed by atoms with Crippen LogP contribution in [0.15, 0.2) is 103 Å². The van der Waals surface area contributed by atoms with Crippen molar-refractivity contribution >= 4 is 17.8 Å². The molecule has 0 radical (unpaired) electrons. The second kappa shape index (κ2) is 18.2. The van der Waals surface area contributed by atoms with Crippen molar-refractivity contribution in [2.75, 3.05) is 20.8 Å². The summed E-state index contributed by atoms with van der Waals surface area (Å²) in [5.74, 6) is 0.127. The van der Waals surface area contributed by atoms with Crippen LogP contribution in [0.4, 0.5) is 0 Å². The van der Waals surface area contributed by atoms with Crippen LogP contribution in [0.2, 0.25) is 0 Å². The monoisotopic (exact) mass is 621 g/mol. The largest absolute Gasteiger partial charge is 0.489 e. The maximum atomic E-state index is 13.4. The highest BCUT2D eigenvalue weighted by Crippen LogP contribution is 2.22. The van der Waals surface area contributed by atoms with Crippen molar-refractivity contribution in [1.29, 1.82) is 0 Å². The van der Waals surface area contributed by atoms with E-state index in [1.54, 1.807) is 12.1 Å². The molecule has 0 saturated heterocycles. The van der Waals surface area contributed by atoms with E-state index in [0.29, 0.717) is 57.4 Å². The lowest BCUT2D eigenvalue weighted by molar-refractivity contribution is -0.141. The Morgan fingerprint density at radius 3 is 1.91 bits per heavy atom. The number of para-hydroxylation sites is 1. The van der Waals surface area contributed by atoms with Gasteiger partial charge in [-0.15, -0.1) is 0 Å². The van der Waals surface area contributed by atoms with Crippen LogP contribution >= 0.6 is 0 Å². The van der Waals surface area contributed by atoms with Crippen LogP contribution in [0, 0.1) is 0 Å². The minimum Gasteiger partial charge on any atom is -0.489 e. The van der Waals surface area contributed by atoms with Crippen molar-refractivity contribution in [3.63, 3.8) is 0 Å². The summed E-state index contributed by atoms with van der Waals surface area (Å²) in [7, 11) is 2.72. The van der Waals surface area contributed by atoms with Gasteiger partial charge >= 0.3 is 11.9 Å². The van der Waals surface area contributed by atoms with E-state index >= 15 is 0 Å². The first kappa shape index (κ1) is 34.0. The molecule has 0 heterocycles. The van der Waals surface area contributed by atoms with E-state index in [-0.39, 0.29) is 11.9 Å². The number of rotatable bonds is 17. The molecule has 0 fully saturated rings. The van der Waals surface area contributed by atoms with Crippen molar-refractivity contribution in [3.05, 3.63) is 137 Å². The van der Waals surface area contributed by atoms with Gasteiger partial charge in [-0.05, 0) is 78.1 Å². The van der Waals surface area contributed by atoms with E-state index in [1.807, 2.05) is 47.4 Å². The molecule has 7 nitrogen and oxygen atoms in total. The highest BCUT2D eigenvalue weighted by atomic mass is 16.5. The van der Waals surface area contributed by atoms with E-state index < -0.39 is 5.97 Å². The molecule has 4 rings (SSSR count). The summed E-state index contributed by atoms with van der Waals surface area (Å²) in [4.78, 5) is 38.5. The molecule has 0 N–H and O–H groups in total. The topological polar surface area (TPSA) is 82.1 Å². The van der Waals surface area contributed by atoms with Gasteiger partial charge in [-0.1, -0.05) is 84.9 Å². The molecule has 240 valence electrons. The minimum atomic E-state index is -0.402. The Balaban J connectivity index is 1.36. The molecular formula is C39H43NO6. The number of carbonyl (C=O) groups excluding carboxylic acids is 3. The smallest absolute Gasteiger partial charge is 0.337 e. The van der Waals surface area contributed by atoms with Crippen LogP contribution in [0.25, 0.3) is 0 Å². The third-order valence-corrected chi connectivity index (χ3v) is 7.94. The molecule has 0 saturated carbocycles. The molecular weight excluding hydrogens is 578 g/mol. The number of hydrogen-bond donors (Lipinski definition) is 0. The molecule has 0 bridgehead atoms. The van der Waals surface area contributed by atoms with E-state index in [9.17, 15) is 14.4 Å². The predicted molar refractivity (Wildman–Crippen MR) is 178 cm³/mol. The maximum absolute atomic E-state index is 13.4. The second-order valence-corrected chi connectivity index (χ2v) is 11.2. The molecule has 0 aliphatic carbocycles. The standard InChI is InChI=1S/C39H43NO6/c1-44-38(42)15-9-8-14-37(41)40(28-32-22-24-35(25-23-32)39(43)45-2)27-26-34-12-6-7-13-36(34)46-29-33-20-18-31(19-21-33)17-16-30-10-4-3-5-11-30/h3-7,10-13,18-25H,8-9,14-17,26-29H2,1-2H3. The number of carbonyl (C=O) groups is 3. The molecule has 4 aromatic rings. The lowest BCUT2D eigenvalue weighted by Gasteiger charge is -2.24. The van der Waals surface area contributed by atoms with Gasteiger partial charge < -0.3 is 19.1 Å². The Morgan fingerprint density at radius 1 is 0.609 bits per heavy atom. The van der Waals surface area contributed by atoms with E-state index in [0.717, 1.165) is 35.3 Å². The van der Waals surface area contributed by atoms with Gasteiger partial charge in [-0.25, -0.2) is 4.79 Å². The summed E-state index contributed by atoms with van der Waals surface area (Å²) in [5, 5.41) is 0. The molecule has 0 atom stereocenters. The van der Waals surface area contributed by atoms with Gasteiger partial charge in [-0.3, -0.25) is 9.59 Å². The summed E-state index contributed by atoms with van der Waals surface area (Å²) < 4.78 is 15.8.